The van der Waals surface area contributed by atoms with E-state index in [0.717, 1.165) is 31.2 Å². The van der Waals surface area contributed by atoms with E-state index in [9.17, 15) is 14.0 Å². The standard InChI is InChI=1S/C26H31FN2O3/c27-22-8-4-7-21(17-22)19-25(30)28-13-9-23(10-14-28)29(24-11-15-32-16-12-24)26(31)18-20-5-2-1-3-6-20/h1-8,17,23-24H,9-16,18-19H2. The Morgan fingerprint density at radius 2 is 1.53 bits per heavy atom. The van der Waals surface area contributed by atoms with Gasteiger partial charge in [-0.15, -0.1) is 0 Å². The van der Waals surface area contributed by atoms with Crippen molar-refractivity contribution in [3.05, 3.63) is 71.5 Å². The number of benzene rings is 2. The molecule has 0 N–H and O–H groups in total. The third-order valence-corrected chi connectivity index (χ3v) is 6.53. The number of carbonyl (C=O) groups is 2. The van der Waals surface area contributed by atoms with Crippen LogP contribution in [0, 0.1) is 5.82 Å². The SMILES string of the molecule is O=C(Cc1cccc(F)c1)N1CCC(N(C(=O)Cc2ccccc2)C2CCOCC2)CC1. The van der Waals surface area contributed by atoms with Crippen LogP contribution in [-0.2, 0) is 27.2 Å². The fourth-order valence-corrected chi connectivity index (χ4v) is 4.86. The number of ether oxygens (including phenoxy) is 1. The van der Waals surface area contributed by atoms with E-state index in [1.54, 1.807) is 12.1 Å². The second-order valence-corrected chi connectivity index (χ2v) is 8.73. The predicted octanol–water partition coefficient (Wildman–Crippen LogP) is 3.61. The van der Waals surface area contributed by atoms with Crippen LogP contribution in [-0.4, -0.2) is 60.0 Å². The van der Waals surface area contributed by atoms with Crippen LogP contribution in [0.4, 0.5) is 4.39 Å². The molecule has 2 aliphatic heterocycles. The van der Waals surface area contributed by atoms with E-state index >= 15 is 0 Å². The summed E-state index contributed by atoms with van der Waals surface area (Å²) in [6, 6.07) is 16.4. The topological polar surface area (TPSA) is 49.9 Å². The fourth-order valence-electron chi connectivity index (χ4n) is 4.86. The molecule has 0 saturated carbocycles. The van der Waals surface area contributed by atoms with Crippen molar-refractivity contribution >= 4 is 11.8 Å². The number of rotatable bonds is 6. The van der Waals surface area contributed by atoms with E-state index in [1.807, 2.05) is 35.2 Å². The molecule has 32 heavy (non-hydrogen) atoms. The van der Waals surface area contributed by atoms with E-state index in [0.29, 0.717) is 38.3 Å². The van der Waals surface area contributed by atoms with E-state index < -0.39 is 0 Å². The van der Waals surface area contributed by atoms with Crippen molar-refractivity contribution in [1.29, 1.82) is 0 Å². The van der Waals surface area contributed by atoms with Crippen LogP contribution >= 0.6 is 0 Å². The number of piperidine rings is 1. The van der Waals surface area contributed by atoms with E-state index in [-0.39, 0.29) is 36.1 Å². The predicted molar refractivity (Wildman–Crippen MR) is 121 cm³/mol. The van der Waals surface area contributed by atoms with Gasteiger partial charge in [-0.1, -0.05) is 42.5 Å². The Morgan fingerprint density at radius 3 is 2.22 bits per heavy atom. The quantitative estimate of drug-likeness (QED) is 0.692. The molecule has 2 fully saturated rings. The highest BCUT2D eigenvalue weighted by Gasteiger charge is 2.34. The zero-order valence-corrected chi connectivity index (χ0v) is 18.4. The number of likely N-dealkylation sites (tertiary alicyclic amines) is 1. The van der Waals surface area contributed by atoms with Gasteiger partial charge in [-0.2, -0.15) is 0 Å². The molecule has 0 bridgehead atoms. The lowest BCUT2D eigenvalue weighted by Gasteiger charge is -2.43. The molecule has 2 saturated heterocycles. The first kappa shape index (κ1) is 22.5. The zero-order chi connectivity index (χ0) is 22.3. The van der Waals surface area contributed by atoms with Crippen molar-refractivity contribution in [1.82, 2.24) is 9.80 Å². The molecule has 4 rings (SSSR count). The molecule has 2 aromatic carbocycles. The Kier molecular flexibility index (Phi) is 7.53. The van der Waals surface area contributed by atoms with E-state index in [2.05, 4.69) is 4.90 Å². The molecular weight excluding hydrogens is 407 g/mol. The Labute approximate surface area is 189 Å². The lowest BCUT2D eigenvalue weighted by molar-refractivity contribution is -0.140. The maximum Gasteiger partial charge on any atom is 0.227 e. The second kappa shape index (κ2) is 10.7. The summed E-state index contributed by atoms with van der Waals surface area (Å²) in [4.78, 5) is 30.1. The molecular formula is C26H31FN2O3. The molecule has 2 aliphatic rings. The number of nitrogens with zero attached hydrogens (tertiary/aromatic N) is 2. The Bertz CT molecular complexity index is 906. The van der Waals surface area contributed by atoms with Gasteiger partial charge < -0.3 is 14.5 Å². The Morgan fingerprint density at radius 1 is 0.875 bits per heavy atom. The van der Waals surface area contributed by atoms with Crippen LogP contribution in [0.2, 0.25) is 0 Å². The summed E-state index contributed by atoms with van der Waals surface area (Å²) in [5, 5.41) is 0. The van der Waals surface area contributed by atoms with E-state index in [4.69, 9.17) is 4.74 Å². The van der Waals surface area contributed by atoms with E-state index in [1.165, 1.54) is 12.1 Å². The molecule has 0 spiro atoms. The lowest BCUT2D eigenvalue weighted by atomic mass is 9.96. The van der Waals surface area contributed by atoms with Gasteiger partial charge in [0.05, 0.1) is 12.8 Å². The van der Waals surface area contributed by atoms with Crippen molar-refractivity contribution in [2.24, 2.45) is 0 Å². The molecule has 0 radical (unpaired) electrons. The van der Waals surface area contributed by atoms with Gasteiger partial charge in [-0.3, -0.25) is 9.59 Å². The number of hydrogen-bond acceptors (Lipinski definition) is 3. The van der Waals surface area contributed by atoms with Gasteiger partial charge in [-0.25, -0.2) is 4.39 Å². The smallest absolute Gasteiger partial charge is 0.227 e. The van der Waals surface area contributed by atoms with Crippen LogP contribution in [0.3, 0.4) is 0 Å². The maximum atomic E-state index is 13.4. The largest absolute Gasteiger partial charge is 0.381 e. The average molecular weight is 439 g/mol. The summed E-state index contributed by atoms with van der Waals surface area (Å²) < 4.78 is 19.0. The Hall–Kier alpha value is -2.73. The molecule has 2 heterocycles. The van der Waals surface area contributed by atoms with Crippen molar-refractivity contribution < 1.29 is 18.7 Å². The third kappa shape index (κ3) is 5.74. The van der Waals surface area contributed by atoms with Crippen molar-refractivity contribution in [3.63, 3.8) is 0 Å². The summed E-state index contributed by atoms with van der Waals surface area (Å²) in [5.41, 5.74) is 1.72. The monoisotopic (exact) mass is 438 g/mol. The second-order valence-electron chi connectivity index (χ2n) is 8.73. The first-order valence-corrected chi connectivity index (χ1v) is 11.5. The molecule has 6 heteroatoms. The van der Waals surface area contributed by atoms with Crippen molar-refractivity contribution in [3.8, 4) is 0 Å². The van der Waals surface area contributed by atoms with Gasteiger partial charge in [0, 0.05) is 38.4 Å². The lowest BCUT2D eigenvalue weighted by Crippen LogP contribution is -2.54. The van der Waals surface area contributed by atoms with Gasteiger partial charge in [0.15, 0.2) is 0 Å². The first-order valence-electron chi connectivity index (χ1n) is 11.5. The number of hydrogen-bond donors (Lipinski definition) is 0. The normalized spacial score (nSPS) is 17.8. The molecule has 0 aromatic heterocycles. The summed E-state index contributed by atoms with van der Waals surface area (Å²) in [5.74, 6) is -0.145. The average Bonchev–Trinajstić information content (AvgIpc) is 2.81. The molecule has 0 unspecified atom stereocenters. The number of carbonyl (C=O) groups excluding carboxylic acids is 2. The molecule has 0 aliphatic carbocycles. The van der Waals surface area contributed by atoms with Crippen molar-refractivity contribution in [2.45, 2.75) is 50.6 Å². The van der Waals surface area contributed by atoms with Gasteiger partial charge in [-0.05, 0) is 48.9 Å². The minimum atomic E-state index is -0.321. The molecule has 2 amide bonds. The summed E-state index contributed by atoms with van der Waals surface area (Å²) in [7, 11) is 0. The van der Waals surface area contributed by atoms with Crippen LogP contribution < -0.4 is 0 Å². The summed E-state index contributed by atoms with van der Waals surface area (Å²) in [6.45, 7) is 2.61. The number of amides is 2. The molecule has 170 valence electrons. The minimum Gasteiger partial charge on any atom is -0.381 e. The minimum absolute atomic E-state index is 0.0160. The van der Waals surface area contributed by atoms with Gasteiger partial charge >= 0.3 is 0 Å². The molecule has 5 nitrogen and oxygen atoms in total. The van der Waals surface area contributed by atoms with Gasteiger partial charge in [0.1, 0.15) is 5.82 Å². The van der Waals surface area contributed by atoms with Gasteiger partial charge in [0.2, 0.25) is 11.8 Å². The fraction of sp³-hybridized carbons (Fsp3) is 0.462. The van der Waals surface area contributed by atoms with Crippen LogP contribution in [0.5, 0.6) is 0 Å². The highest BCUT2D eigenvalue weighted by atomic mass is 19.1. The summed E-state index contributed by atoms with van der Waals surface area (Å²) in [6.07, 6.45) is 3.87. The van der Waals surface area contributed by atoms with Gasteiger partial charge in [0.25, 0.3) is 0 Å². The number of halogens is 1. The first-order chi connectivity index (χ1) is 15.6. The van der Waals surface area contributed by atoms with Crippen LogP contribution in [0.15, 0.2) is 54.6 Å². The molecule has 2 aromatic rings. The van der Waals surface area contributed by atoms with Crippen molar-refractivity contribution in [2.75, 3.05) is 26.3 Å². The molecule has 0 atom stereocenters. The van der Waals surface area contributed by atoms with Crippen LogP contribution in [0.25, 0.3) is 0 Å². The highest BCUT2D eigenvalue weighted by molar-refractivity contribution is 5.80. The van der Waals surface area contributed by atoms with Crippen LogP contribution in [0.1, 0.15) is 36.8 Å². The third-order valence-electron chi connectivity index (χ3n) is 6.53. The highest BCUT2D eigenvalue weighted by Crippen LogP contribution is 2.25. The maximum absolute atomic E-state index is 13.4. The zero-order valence-electron chi connectivity index (χ0n) is 18.4. The Balaban J connectivity index is 1.39. The summed E-state index contributed by atoms with van der Waals surface area (Å²) >= 11 is 0.